The van der Waals surface area contributed by atoms with Crippen LogP contribution < -0.4 is 5.73 Å². The molecule has 4 nitrogen and oxygen atoms in total. The van der Waals surface area contributed by atoms with Crippen LogP contribution >= 0.6 is 0 Å². The molecule has 2 aromatic heterocycles. The van der Waals surface area contributed by atoms with E-state index in [4.69, 9.17) is 5.73 Å². The number of fused-ring (bicyclic) bond motifs is 3. The summed E-state index contributed by atoms with van der Waals surface area (Å²) in [6.45, 7) is 13.6. The fourth-order valence-corrected chi connectivity index (χ4v) is 3.46. The quantitative estimate of drug-likeness (QED) is 0.724. The molecule has 0 aliphatic heterocycles. The normalized spacial score (nSPS) is 12.2. The molecule has 23 heavy (non-hydrogen) atoms. The minimum atomic E-state index is 0.101. The lowest BCUT2D eigenvalue weighted by Crippen LogP contribution is -2.21. The third-order valence-electron chi connectivity index (χ3n) is 4.17. The Bertz CT molecular complexity index is 903. The van der Waals surface area contributed by atoms with Crippen molar-refractivity contribution in [3.8, 4) is 0 Å². The number of allylic oxidation sites excluding steroid dienone is 1. The number of para-hydroxylation sites is 1. The number of nitrogens with zero attached hydrogens (tertiary/aromatic N) is 3. The predicted octanol–water partition coefficient (Wildman–Crippen LogP) is 4.47. The van der Waals surface area contributed by atoms with Gasteiger partial charge < -0.3 is 10.3 Å². The summed E-state index contributed by atoms with van der Waals surface area (Å²) < 4.78 is 2.28. The molecule has 2 heterocycles. The van der Waals surface area contributed by atoms with Gasteiger partial charge in [0.1, 0.15) is 11.3 Å². The van der Waals surface area contributed by atoms with Gasteiger partial charge in [0.2, 0.25) is 0 Å². The van der Waals surface area contributed by atoms with Crippen LogP contribution in [0, 0.1) is 12.3 Å². The van der Waals surface area contributed by atoms with Crippen LogP contribution in [0.2, 0.25) is 0 Å². The maximum atomic E-state index is 6.15. The van der Waals surface area contributed by atoms with E-state index in [-0.39, 0.29) is 5.41 Å². The summed E-state index contributed by atoms with van der Waals surface area (Å²) in [6.07, 6.45) is 0.977. The summed E-state index contributed by atoms with van der Waals surface area (Å²) in [5.74, 6) is 1.47. The van der Waals surface area contributed by atoms with Crippen LogP contribution in [-0.4, -0.2) is 14.5 Å². The Hall–Kier alpha value is -2.36. The number of hydrogen-bond acceptors (Lipinski definition) is 3. The molecule has 0 amide bonds. The molecule has 0 radical (unpaired) electrons. The third kappa shape index (κ3) is 2.81. The Kier molecular flexibility index (Phi) is 3.63. The van der Waals surface area contributed by atoms with Crippen molar-refractivity contribution < 1.29 is 0 Å². The minimum absolute atomic E-state index is 0.101. The van der Waals surface area contributed by atoms with E-state index in [9.17, 15) is 0 Å². The molecule has 0 saturated heterocycles. The van der Waals surface area contributed by atoms with Gasteiger partial charge in [0.05, 0.1) is 11.0 Å². The first-order valence-corrected chi connectivity index (χ1v) is 7.94. The third-order valence-corrected chi connectivity index (χ3v) is 4.17. The Balaban J connectivity index is 2.24. The SMILES string of the molecule is C=C(C)CC(C)(C)Cn1c(C)nc2c(N)nc3ccccc3c21. The Morgan fingerprint density at radius 1 is 1.26 bits per heavy atom. The second-order valence-corrected chi connectivity index (χ2v) is 7.25. The van der Waals surface area contributed by atoms with Gasteiger partial charge in [-0.2, -0.15) is 0 Å². The highest BCUT2D eigenvalue weighted by atomic mass is 15.1. The van der Waals surface area contributed by atoms with Crippen LogP contribution in [0.4, 0.5) is 5.82 Å². The van der Waals surface area contributed by atoms with E-state index in [1.165, 1.54) is 5.57 Å². The van der Waals surface area contributed by atoms with E-state index < -0.39 is 0 Å². The molecule has 0 unspecified atom stereocenters. The lowest BCUT2D eigenvalue weighted by molar-refractivity contribution is 0.305. The molecule has 0 bridgehead atoms. The van der Waals surface area contributed by atoms with Crippen LogP contribution in [0.15, 0.2) is 36.4 Å². The molecule has 0 atom stereocenters. The average molecular weight is 308 g/mol. The first-order chi connectivity index (χ1) is 10.8. The van der Waals surface area contributed by atoms with Gasteiger partial charge in [-0.25, -0.2) is 9.97 Å². The highest BCUT2D eigenvalue weighted by Crippen LogP contribution is 2.33. The minimum Gasteiger partial charge on any atom is -0.382 e. The zero-order valence-electron chi connectivity index (χ0n) is 14.3. The first kappa shape index (κ1) is 15.5. The van der Waals surface area contributed by atoms with E-state index in [1.54, 1.807) is 0 Å². The van der Waals surface area contributed by atoms with Crippen LogP contribution in [-0.2, 0) is 6.54 Å². The molecule has 120 valence electrons. The summed E-state index contributed by atoms with van der Waals surface area (Å²) in [5.41, 5.74) is 10.2. The summed E-state index contributed by atoms with van der Waals surface area (Å²) in [6, 6.07) is 8.11. The monoisotopic (exact) mass is 308 g/mol. The number of benzene rings is 1. The molecule has 4 heteroatoms. The summed E-state index contributed by atoms with van der Waals surface area (Å²) >= 11 is 0. The van der Waals surface area contributed by atoms with Gasteiger partial charge in [-0.3, -0.25) is 0 Å². The first-order valence-electron chi connectivity index (χ1n) is 7.94. The highest BCUT2D eigenvalue weighted by Gasteiger charge is 2.23. The number of hydrogen-bond donors (Lipinski definition) is 1. The second kappa shape index (κ2) is 5.37. The molecule has 1 aromatic carbocycles. The lowest BCUT2D eigenvalue weighted by Gasteiger charge is -2.26. The number of aryl methyl sites for hydroxylation is 1. The van der Waals surface area contributed by atoms with Crippen LogP contribution in [0.1, 0.15) is 33.0 Å². The van der Waals surface area contributed by atoms with Crippen molar-refractivity contribution in [2.45, 2.75) is 40.7 Å². The van der Waals surface area contributed by atoms with Crippen molar-refractivity contribution in [1.82, 2.24) is 14.5 Å². The van der Waals surface area contributed by atoms with Crippen LogP contribution in [0.3, 0.4) is 0 Å². The van der Waals surface area contributed by atoms with E-state index in [0.717, 1.165) is 40.7 Å². The van der Waals surface area contributed by atoms with Crippen LogP contribution in [0.5, 0.6) is 0 Å². The standard InChI is InChI=1S/C19H24N4/c1-12(2)10-19(4,5)11-23-13(3)21-16-17(23)14-8-6-7-9-15(14)22-18(16)20/h6-9H,1,10-11H2,2-5H3,(H2,20,22). The van der Waals surface area contributed by atoms with Crippen molar-refractivity contribution in [1.29, 1.82) is 0 Å². The summed E-state index contributed by atoms with van der Waals surface area (Å²) in [5, 5.41) is 1.10. The van der Waals surface area contributed by atoms with Crippen molar-refractivity contribution >= 4 is 27.8 Å². The number of anilines is 1. The molecule has 2 N–H and O–H groups in total. The molecule has 3 rings (SSSR count). The molecule has 3 aromatic rings. The zero-order valence-corrected chi connectivity index (χ0v) is 14.3. The fraction of sp³-hybridized carbons (Fsp3) is 0.368. The van der Waals surface area contributed by atoms with Crippen LogP contribution in [0.25, 0.3) is 21.9 Å². The Labute approximate surface area is 137 Å². The fourth-order valence-electron chi connectivity index (χ4n) is 3.46. The van der Waals surface area contributed by atoms with Gasteiger partial charge in [-0.05, 0) is 31.7 Å². The lowest BCUT2D eigenvalue weighted by atomic mass is 9.86. The van der Waals surface area contributed by atoms with Gasteiger partial charge in [-0.15, -0.1) is 6.58 Å². The Morgan fingerprint density at radius 3 is 2.65 bits per heavy atom. The van der Waals surface area contributed by atoms with Gasteiger partial charge in [-0.1, -0.05) is 37.6 Å². The van der Waals surface area contributed by atoms with E-state index in [0.29, 0.717) is 5.82 Å². The molecular formula is C19H24N4. The number of rotatable bonds is 4. The van der Waals surface area contributed by atoms with E-state index in [2.05, 4.69) is 48.0 Å². The van der Waals surface area contributed by atoms with Crippen molar-refractivity contribution in [2.75, 3.05) is 5.73 Å². The van der Waals surface area contributed by atoms with Gasteiger partial charge >= 0.3 is 0 Å². The maximum absolute atomic E-state index is 6.15. The second-order valence-electron chi connectivity index (χ2n) is 7.25. The number of nitrogens with two attached hydrogens (primary N) is 1. The predicted molar refractivity (Wildman–Crippen MR) is 97.4 cm³/mol. The topological polar surface area (TPSA) is 56.7 Å². The zero-order chi connectivity index (χ0) is 16.8. The number of nitrogen functional groups attached to an aromatic ring is 1. The highest BCUT2D eigenvalue weighted by molar-refractivity contribution is 6.06. The molecular weight excluding hydrogens is 284 g/mol. The molecule has 0 aliphatic rings. The smallest absolute Gasteiger partial charge is 0.152 e. The van der Waals surface area contributed by atoms with Gasteiger partial charge in [0, 0.05) is 11.9 Å². The summed E-state index contributed by atoms with van der Waals surface area (Å²) in [7, 11) is 0. The number of pyridine rings is 1. The number of imidazole rings is 1. The molecule has 0 aliphatic carbocycles. The largest absolute Gasteiger partial charge is 0.382 e. The van der Waals surface area contributed by atoms with E-state index >= 15 is 0 Å². The average Bonchev–Trinajstić information content (AvgIpc) is 2.75. The van der Waals surface area contributed by atoms with Crippen molar-refractivity contribution in [3.05, 3.63) is 42.2 Å². The molecule has 0 fully saturated rings. The van der Waals surface area contributed by atoms with Crippen molar-refractivity contribution in [2.24, 2.45) is 5.41 Å². The Morgan fingerprint density at radius 2 is 1.96 bits per heavy atom. The van der Waals surface area contributed by atoms with Gasteiger partial charge in [0.15, 0.2) is 5.82 Å². The molecule has 0 saturated carbocycles. The molecule has 0 spiro atoms. The van der Waals surface area contributed by atoms with Gasteiger partial charge in [0.25, 0.3) is 0 Å². The van der Waals surface area contributed by atoms with E-state index in [1.807, 2.05) is 25.1 Å². The van der Waals surface area contributed by atoms with Crippen molar-refractivity contribution in [3.63, 3.8) is 0 Å². The summed E-state index contributed by atoms with van der Waals surface area (Å²) in [4.78, 5) is 9.17. The number of aromatic nitrogens is 3. The maximum Gasteiger partial charge on any atom is 0.152 e.